The molecule has 4 unspecified atom stereocenters. The van der Waals surface area contributed by atoms with E-state index in [2.05, 4.69) is 47.6 Å². The molecule has 0 N–H and O–H groups in total. The number of hydrogen-bond donors (Lipinski definition) is 1. The Labute approximate surface area is 115 Å². The minimum atomic E-state index is 0.737. The van der Waals surface area contributed by atoms with Crippen LogP contribution in [0, 0.1) is 17.8 Å². The van der Waals surface area contributed by atoms with Gasteiger partial charge in [-0.1, -0.05) is 71.4 Å². The highest BCUT2D eigenvalue weighted by Crippen LogP contribution is 2.45. The quantitative estimate of drug-likeness (QED) is 0.380. The molecule has 17 heavy (non-hydrogen) atoms. The van der Waals surface area contributed by atoms with Crippen LogP contribution in [-0.4, -0.2) is 13.0 Å². The maximum absolute atomic E-state index is 4.53. The number of hydrogen-bond acceptors (Lipinski definition) is 1. The monoisotopic (exact) mass is 253 g/mol. The molecule has 1 aliphatic heterocycles. The predicted octanol–water partition coefficient (Wildman–Crippen LogP) is 5.09. The summed E-state index contributed by atoms with van der Waals surface area (Å²) in [5, 5.41) is 0. The Morgan fingerprint density at radius 2 is 1.53 bits per heavy atom. The Bertz CT molecular complexity index is 205. The van der Waals surface area contributed by atoms with Gasteiger partial charge >= 0.3 is 0 Å². The third kappa shape index (κ3) is 4.22. The minimum Gasteiger partial charge on any atom is -0.180 e. The lowest BCUT2D eigenvalue weighted by molar-refractivity contribution is 0.231. The molecule has 5 atom stereocenters. The van der Waals surface area contributed by atoms with Crippen molar-refractivity contribution in [3.05, 3.63) is 0 Å². The van der Waals surface area contributed by atoms with E-state index in [0.29, 0.717) is 0 Å². The maximum Gasteiger partial charge on any atom is 0.119 e. The fourth-order valence-corrected chi connectivity index (χ4v) is 3.77. The van der Waals surface area contributed by atoms with Gasteiger partial charge in [0.1, 0.15) is 7.28 Å². The summed E-state index contributed by atoms with van der Waals surface area (Å²) in [7, 11) is 2.63. The van der Waals surface area contributed by atoms with Crippen molar-refractivity contribution in [1.82, 2.24) is 0 Å². The van der Waals surface area contributed by atoms with Crippen molar-refractivity contribution < 1.29 is 0 Å². The van der Waals surface area contributed by atoms with E-state index >= 15 is 0 Å². The second-order valence-corrected chi connectivity index (χ2v) is 6.49. The summed E-state index contributed by atoms with van der Waals surface area (Å²) in [5.74, 6) is 5.14. The van der Waals surface area contributed by atoms with Crippen molar-refractivity contribution in [2.45, 2.75) is 71.4 Å². The van der Waals surface area contributed by atoms with Gasteiger partial charge in [-0.25, -0.2) is 0 Å². The molecule has 0 aromatic carbocycles. The van der Waals surface area contributed by atoms with Crippen LogP contribution in [0.3, 0.4) is 0 Å². The van der Waals surface area contributed by atoms with Gasteiger partial charge in [0.25, 0.3) is 0 Å². The van der Waals surface area contributed by atoms with E-state index in [-0.39, 0.29) is 0 Å². The summed E-state index contributed by atoms with van der Waals surface area (Å²) >= 11 is 4.53. The van der Waals surface area contributed by atoms with Crippen molar-refractivity contribution in [3.8, 4) is 0 Å². The second kappa shape index (κ2) is 7.76. The van der Waals surface area contributed by atoms with Gasteiger partial charge in [0.15, 0.2) is 0 Å². The first kappa shape index (κ1) is 15.5. The van der Waals surface area contributed by atoms with Crippen LogP contribution >= 0.6 is 12.6 Å². The van der Waals surface area contributed by atoms with E-state index in [1.165, 1.54) is 32.1 Å². The van der Waals surface area contributed by atoms with Crippen LogP contribution in [0.4, 0.5) is 0 Å². The molecule has 1 fully saturated rings. The number of unbranched alkanes of at least 4 members (excludes halogenated alkanes) is 3. The summed E-state index contributed by atoms with van der Waals surface area (Å²) in [6.07, 6.45) is 6.99. The van der Waals surface area contributed by atoms with E-state index in [0.717, 1.165) is 35.1 Å². The summed E-state index contributed by atoms with van der Waals surface area (Å²) < 4.78 is 0. The van der Waals surface area contributed by atoms with Gasteiger partial charge in [-0.05, 0) is 23.5 Å². The van der Waals surface area contributed by atoms with Crippen molar-refractivity contribution >= 4 is 19.9 Å². The SMILES string of the molecule is CCCCCCC1[B]C(CS)C(C)C(C)[C@H]1C. The van der Waals surface area contributed by atoms with Crippen molar-refractivity contribution in [3.63, 3.8) is 0 Å². The third-order valence-electron chi connectivity index (χ3n) is 5.11. The Morgan fingerprint density at radius 3 is 2.12 bits per heavy atom. The fourth-order valence-electron chi connectivity index (χ4n) is 3.32. The molecule has 0 nitrogen and oxygen atoms in total. The van der Waals surface area contributed by atoms with Crippen LogP contribution in [0.15, 0.2) is 0 Å². The van der Waals surface area contributed by atoms with Gasteiger partial charge < -0.3 is 0 Å². The van der Waals surface area contributed by atoms with Crippen molar-refractivity contribution in [2.24, 2.45) is 17.8 Å². The average molecular weight is 253 g/mol. The lowest BCUT2D eigenvalue weighted by atomic mass is 9.41. The predicted molar refractivity (Wildman–Crippen MR) is 83.4 cm³/mol. The van der Waals surface area contributed by atoms with Gasteiger partial charge in [-0.15, -0.1) is 0 Å². The first-order chi connectivity index (χ1) is 8.11. The zero-order valence-corrected chi connectivity index (χ0v) is 13.0. The molecular weight excluding hydrogens is 223 g/mol. The van der Waals surface area contributed by atoms with Crippen LogP contribution in [0.25, 0.3) is 0 Å². The molecule has 1 saturated heterocycles. The van der Waals surface area contributed by atoms with Crippen molar-refractivity contribution in [1.29, 1.82) is 0 Å². The molecule has 0 aromatic heterocycles. The molecule has 99 valence electrons. The Balaban J connectivity index is 2.42. The smallest absolute Gasteiger partial charge is 0.119 e. The molecule has 1 aliphatic rings. The zero-order valence-electron chi connectivity index (χ0n) is 12.2. The Morgan fingerprint density at radius 1 is 0.882 bits per heavy atom. The summed E-state index contributed by atoms with van der Waals surface area (Å²) in [6.45, 7) is 9.59. The van der Waals surface area contributed by atoms with Gasteiger partial charge in [-0.3, -0.25) is 0 Å². The normalized spacial score (nSPS) is 37.8. The number of thiol groups is 1. The van der Waals surface area contributed by atoms with Gasteiger partial charge in [0, 0.05) is 0 Å². The molecule has 2 heteroatoms. The van der Waals surface area contributed by atoms with Crippen LogP contribution in [0.5, 0.6) is 0 Å². The molecule has 0 saturated carbocycles. The topological polar surface area (TPSA) is 0 Å². The fraction of sp³-hybridized carbons (Fsp3) is 1.00. The molecule has 0 spiro atoms. The summed E-state index contributed by atoms with van der Waals surface area (Å²) in [4.78, 5) is 0. The van der Waals surface area contributed by atoms with Gasteiger partial charge in [-0.2, -0.15) is 12.6 Å². The highest BCUT2D eigenvalue weighted by Gasteiger charge is 2.37. The summed E-state index contributed by atoms with van der Waals surface area (Å²) in [6, 6.07) is 0. The summed E-state index contributed by atoms with van der Waals surface area (Å²) in [5.41, 5.74) is 0. The molecule has 1 rings (SSSR count). The Hall–Kier alpha value is 0.415. The molecule has 0 amide bonds. The number of rotatable bonds is 6. The highest BCUT2D eigenvalue weighted by molar-refractivity contribution is 7.80. The molecular formula is C15H30BS. The largest absolute Gasteiger partial charge is 0.180 e. The lowest BCUT2D eigenvalue weighted by Gasteiger charge is -2.43. The van der Waals surface area contributed by atoms with Gasteiger partial charge in [0.2, 0.25) is 0 Å². The Kier molecular flexibility index (Phi) is 7.07. The third-order valence-corrected chi connectivity index (χ3v) is 5.53. The van der Waals surface area contributed by atoms with E-state index in [4.69, 9.17) is 0 Å². The van der Waals surface area contributed by atoms with Crippen molar-refractivity contribution in [2.75, 3.05) is 5.75 Å². The first-order valence-electron chi connectivity index (χ1n) is 7.57. The van der Waals surface area contributed by atoms with Gasteiger partial charge in [0.05, 0.1) is 0 Å². The average Bonchev–Trinajstić information content (AvgIpc) is 2.34. The van der Waals surface area contributed by atoms with E-state index in [1.54, 1.807) is 0 Å². The molecule has 1 heterocycles. The zero-order chi connectivity index (χ0) is 12.8. The highest BCUT2D eigenvalue weighted by atomic mass is 32.1. The molecule has 0 aromatic rings. The van der Waals surface area contributed by atoms with E-state index in [9.17, 15) is 0 Å². The van der Waals surface area contributed by atoms with Crippen LogP contribution < -0.4 is 0 Å². The standard InChI is InChI=1S/C15H30BS/c1-5-6-7-8-9-14-12(3)11(2)13(4)15(10-17)16-14/h11-15,17H,5-10H2,1-4H3/t11?,12-,13?,14?,15?/m1/s1. The van der Waals surface area contributed by atoms with E-state index in [1.807, 2.05) is 0 Å². The van der Waals surface area contributed by atoms with Crippen LogP contribution in [-0.2, 0) is 0 Å². The van der Waals surface area contributed by atoms with Crippen LogP contribution in [0.2, 0.25) is 11.6 Å². The molecule has 0 bridgehead atoms. The van der Waals surface area contributed by atoms with E-state index < -0.39 is 0 Å². The minimum absolute atomic E-state index is 0.737. The second-order valence-electron chi connectivity index (χ2n) is 6.13. The molecule has 0 aliphatic carbocycles. The first-order valence-corrected chi connectivity index (χ1v) is 8.20. The lowest BCUT2D eigenvalue weighted by Crippen LogP contribution is -2.36. The molecule has 1 radical (unpaired) electrons. The maximum atomic E-state index is 4.53. The van der Waals surface area contributed by atoms with Crippen LogP contribution in [0.1, 0.15) is 59.8 Å².